The molecule has 0 aliphatic heterocycles. The topological polar surface area (TPSA) is 63.7 Å². The normalized spacial score (nSPS) is 11.3. The molecular weight excluding hydrogens is 397 g/mol. The lowest BCUT2D eigenvalue weighted by atomic mass is 10.1. The minimum Gasteiger partial charge on any atom is -0.468 e. The van der Waals surface area contributed by atoms with Gasteiger partial charge in [0, 0.05) is 0 Å². The van der Waals surface area contributed by atoms with Crippen LogP contribution >= 0.6 is 23.2 Å². The Hall–Kier alpha value is -1.76. The molecule has 0 unspecified atom stereocenters. The predicted molar refractivity (Wildman–Crippen MR) is 104 cm³/mol. The van der Waals surface area contributed by atoms with E-state index in [1.807, 2.05) is 19.1 Å². The number of rotatable bonds is 5. The number of hydrogen-bond acceptors (Lipinski definition) is 4. The van der Waals surface area contributed by atoms with Crippen molar-refractivity contribution in [2.75, 3.05) is 18.0 Å². The van der Waals surface area contributed by atoms with Crippen LogP contribution in [0.4, 0.5) is 5.69 Å². The number of aryl methyl sites for hydroxylation is 3. The standard InChI is InChI=1S/C18H19Cl2NO4S/c1-11-7-12(2)18(13(3)8-11)21(10-17(22)25-4)26(23,24)14-5-6-15(19)16(20)9-14/h5-9H,10H2,1-4H3. The van der Waals surface area contributed by atoms with Crippen molar-refractivity contribution in [3.8, 4) is 0 Å². The molecule has 0 aliphatic rings. The zero-order valence-electron chi connectivity index (χ0n) is 14.8. The lowest BCUT2D eigenvalue weighted by molar-refractivity contribution is -0.138. The van der Waals surface area contributed by atoms with Crippen LogP contribution in [0.1, 0.15) is 16.7 Å². The fourth-order valence-electron chi connectivity index (χ4n) is 2.80. The monoisotopic (exact) mass is 415 g/mol. The second kappa shape index (κ2) is 7.86. The van der Waals surface area contributed by atoms with Crippen LogP contribution in [-0.4, -0.2) is 28.0 Å². The minimum absolute atomic E-state index is 0.0600. The molecule has 0 heterocycles. The molecule has 0 N–H and O–H groups in total. The van der Waals surface area contributed by atoms with Crippen molar-refractivity contribution in [1.82, 2.24) is 0 Å². The van der Waals surface area contributed by atoms with E-state index in [0.717, 1.165) is 21.0 Å². The van der Waals surface area contributed by atoms with Crippen molar-refractivity contribution in [3.05, 3.63) is 57.1 Å². The maximum atomic E-state index is 13.3. The van der Waals surface area contributed by atoms with Gasteiger partial charge in [-0.2, -0.15) is 0 Å². The van der Waals surface area contributed by atoms with Crippen LogP contribution in [0.5, 0.6) is 0 Å². The summed E-state index contributed by atoms with van der Waals surface area (Å²) in [5, 5.41) is 0.357. The van der Waals surface area contributed by atoms with Gasteiger partial charge in [0.25, 0.3) is 10.0 Å². The van der Waals surface area contributed by atoms with E-state index in [-0.39, 0.29) is 14.9 Å². The third-order valence-electron chi connectivity index (χ3n) is 3.86. The molecule has 0 amide bonds. The number of anilines is 1. The Bertz CT molecular complexity index is 935. The first-order chi connectivity index (χ1) is 12.1. The second-order valence-electron chi connectivity index (χ2n) is 5.91. The van der Waals surface area contributed by atoms with Gasteiger partial charge in [-0.05, 0) is 50.1 Å². The van der Waals surface area contributed by atoms with E-state index in [1.165, 1.54) is 25.3 Å². The highest BCUT2D eigenvalue weighted by atomic mass is 35.5. The molecule has 2 aromatic rings. The van der Waals surface area contributed by atoms with E-state index in [4.69, 9.17) is 23.2 Å². The van der Waals surface area contributed by atoms with Gasteiger partial charge in [-0.1, -0.05) is 40.9 Å². The maximum Gasteiger partial charge on any atom is 0.326 e. The Kier molecular flexibility index (Phi) is 6.21. The number of methoxy groups -OCH3 is 1. The smallest absolute Gasteiger partial charge is 0.326 e. The van der Waals surface area contributed by atoms with Crippen LogP contribution in [0.25, 0.3) is 0 Å². The van der Waals surface area contributed by atoms with Crippen LogP contribution in [0.15, 0.2) is 35.2 Å². The quantitative estimate of drug-likeness (QED) is 0.683. The van der Waals surface area contributed by atoms with Gasteiger partial charge < -0.3 is 4.74 Å². The first kappa shape index (κ1) is 20.6. The lowest BCUT2D eigenvalue weighted by Crippen LogP contribution is -2.37. The third kappa shape index (κ3) is 4.14. The molecule has 0 aliphatic carbocycles. The van der Waals surface area contributed by atoms with Gasteiger partial charge in [-0.25, -0.2) is 8.42 Å². The van der Waals surface area contributed by atoms with E-state index in [0.29, 0.717) is 5.69 Å². The van der Waals surface area contributed by atoms with Gasteiger partial charge in [0.2, 0.25) is 0 Å². The Balaban J connectivity index is 2.68. The summed E-state index contributed by atoms with van der Waals surface area (Å²) in [6.07, 6.45) is 0. The van der Waals surface area contributed by atoms with Crippen LogP contribution in [-0.2, 0) is 19.6 Å². The molecule has 0 atom stereocenters. The van der Waals surface area contributed by atoms with Crippen LogP contribution in [0, 0.1) is 20.8 Å². The highest BCUT2D eigenvalue weighted by Crippen LogP contribution is 2.33. The van der Waals surface area contributed by atoms with Gasteiger partial charge in [0.1, 0.15) is 6.54 Å². The van der Waals surface area contributed by atoms with Crippen molar-refractivity contribution in [2.45, 2.75) is 25.7 Å². The molecule has 8 heteroatoms. The van der Waals surface area contributed by atoms with Crippen LogP contribution in [0.2, 0.25) is 10.0 Å². The molecule has 0 saturated carbocycles. The van der Waals surface area contributed by atoms with Crippen molar-refractivity contribution in [3.63, 3.8) is 0 Å². The highest BCUT2D eigenvalue weighted by Gasteiger charge is 2.30. The lowest BCUT2D eigenvalue weighted by Gasteiger charge is -2.27. The summed E-state index contributed by atoms with van der Waals surface area (Å²) in [5.41, 5.74) is 2.89. The maximum absolute atomic E-state index is 13.3. The van der Waals surface area contributed by atoms with E-state index < -0.39 is 22.5 Å². The third-order valence-corrected chi connectivity index (χ3v) is 6.34. The van der Waals surface area contributed by atoms with Crippen molar-refractivity contribution in [1.29, 1.82) is 0 Å². The Morgan fingerprint density at radius 3 is 2.12 bits per heavy atom. The van der Waals surface area contributed by atoms with Crippen molar-refractivity contribution < 1.29 is 17.9 Å². The van der Waals surface area contributed by atoms with Crippen molar-refractivity contribution >= 4 is 44.9 Å². The Morgan fingerprint density at radius 2 is 1.62 bits per heavy atom. The molecule has 0 aromatic heterocycles. The van der Waals surface area contributed by atoms with Crippen molar-refractivity contribution in [2.24, 2.45) is 0 Å². The van der Waals surface area contributed by atoms with E-state index in [2.05, 4.69) is 4.74 Å². The summed E-state index contributed by atoms with van der Waals surface area (Å²) < 4.78 is 32.2. The second-order valence-corrected chi connectivity index (χ2v) is 8.59. The summed E-state index contributed by atoms with van der Waals surface area (Å²) in [5.74, 6) is -0.673. The van der Waals surface area contributed by atoms with Gasteiger partial charge >= 0.3 is 5.97 Å². The fourth-order valence-corrected chi connectivity index (χ4v) is 4.72. The molecule has 2 rings (SSSR count). The number of nitrogens with zero attached hydrogens (tertiary/aromatic N) is 1. The number of halogens is 2. The molecule has 0 fully saturated rings. The Morgan fingerprint density at radius 1 is 1.04 bits per heavy atom. The summed E-state index contributed by atoms with van der Waals surface area (Å²) >= 11 is 11.9. The first-order valence-corrected chi connectivity index (χ1v) is 9.90. The average molecular weight is 416 g/mol. The van der Waals surface area contributed by atoms with Gasteiger partial charge in [0.15, 0.2) is 0 Å². The minimum atomic E-state index is -4.07. The zero-order valence-corrected chi connectivity index (χ0v) is 17.2. The van der Waals surface area contributed by atoms with Crippen LogP contribution in [0.3, 0.4) is 0 Å². The van der Waals surface area contributed by atoms with E-state index in [1.54, 1.807) is 13.8 Å². The van der Waals surface area contributed by atoms with Crippen LogP contribution < -0.4 is 4.31 Å². The molecule has 0 bridgehead atoms. The molecule has 0 saturated heterocycles. The zero-order chi connectivity index (χ0) is 19.6. The molecule has 140 valence electrons. The van der Waals surface area contributed by atoms with E-state index in [9.17, 15) is 13.2 Å². The fraction of sp³-hybridized carbons (Fsp3) is 0.278. The number of benzene rings is 2. The van der Waals surface area contributed by atoms with E-state index >= 15 is 0 Å². The average Bonchev–Trinajstić information content (AvgIpc) is 2.55. The largest absolute Gasteiger partial charge is 0.468 e. The molecular formula is C18H19Cl2NO4S. The number of esters is 1. The highest BCUT2D eigenvalue weighted by molar-refractivity contribution is 7.92. The van der Waals surface area contributed by atoms with Gasteiger partial charge in [-0.3, -0.25) is 9.10 Å². The number of hydrogen-bond donors (Lipinski definition) is 0. The molecule has 5 nitrogen and oxygen atoms in total. The number of ether oxygens (including phenoxy) is 1. The Labute approximate surface area is 163 Å². The number of carbonyl (C=O) groups is 1. The first-order valence-electron chi connectivity index (χ1n) is 7.70. The summed E-state index contributed by atoms with van der Waals surface area (Å²) in [6.45, 7) is 5.06. The molecule has 0 spiro atoms. The number of sulfonamides is 1. The predicted octanol–water partition coefficient (Wildman–Crippen LogP) is 4.29. The molecule has 0 radical (unpaired) electrons. The van der Waals surface area contributed by atoms with Gasteiger partial charge in [-0.15, -0.1) is 0 Å². The SMILES string of the molecule is COC(=O)CN(c1c(C)cc(C)cc1C)S(=O)(=O)c1ccc(Cl)c(Cl)c1. The molecule has 26 heavy (non-hydrogen) atoms. The van der Waals surface area contributed by atoms with Gasteiger partial charge in [0.05, 0.1) is 27.7 Å². The molecule has 2 aromatic carbocycles. The summed E-state index contributed by atoms with van der Waals surface area (Å²) in [6, 6.07) is 7.74. The number of carbonyl (C=O) groups excluding carboxylic acids is 1. The summed E-state index contributed by atoms with van der Waals surface area (Å²) in [4.78, 5) is 11.8. The summed E-state index contributed by atoms with van der Waals surface area (Å²) in [7, 11) is -2.86.